The number of nitrogens with zero attached hydrogens (tertiary/aromatic N) is 2. The number of nitrogens with one attached hydrogen (secondary N) is 1. The van der Waals surface area contributed by atoms with Crippen LogP contribution in [0.15, 0.2) is 36.5 Å². The SMILES string of the molecule is NCC#Cc1ccc(C(=O)NCc2cccnn2)cc1Cl. The summed E-state index contributed by atoms with van der Waals surface area (Å²) in [5.74, 6) is 5.32. The lowest BCUT2D eigenvalue weighted by Gasteiger charge is -2.05. The van der Waals surface area contributed by atoms with Crippen LogP contribution in [-0.2, 0) is 6.54 Å². The Labute approximate surface area is 127 Å². The average molecular weight is 301 g/mol. The van der Waals surface area contributed by atoms with Crippen LogP contribution in [0.3, 0.4) is 0 Å². The lowest BCUT2D eigenvalue weighted by atomic mass is 10.1. The fourth-order valence-corrected chi connectivity index (χ4v) is 1.83. The molecule has 21 heavy (non-hydrogen) atoms. The Morgan fingerprint density at radius 2 is 2.24 bits per heavy atom. The van der Waals surface area contributed by atoms with Gasteiger partial charge in [0.2, 0.25) is 0 Å². The van der Waals surface area contributed by atoms with Crippen molar-refractivity contribution in [2.75, 3.05) is 6.54 Å². The minimum atomic E-state index is -0.235. The van der Waals surface area contributed by atoms with Crippen LogP contribution in [0, 0.1) is 11.8 Å². The van der Waals surface area contributed by atoms with Crippen molar-refractivity contribution in [3.8, 4) is 11.8 Å². The molecule has 1 heterocycles. The highest BCUT2D eigenvalue weighted by atomic mass is 35.5. The fourth-order valence-electron chi connectivity index (χ4n) is 1.60. The van der Waals surface area contributed by atoms with Gasteiger partial charge in [0.1, 0.15) is 0 Å². The zero-order valence-corrected chi connectivity index (χ0v) is 11.9. The second-order valence-electron chi connectivity index (χ2n) is 4.10. The van der Waals surface area contributed by atoms with E-state index < -0.39 is 0 Å². The van der Waals surface area contributed by atoms with Gasteiger partial charge in [-0.3, -0.25) is 4.79 Å². The summed E-state index contributed by atoms with van der Waals surface area (Å²) in [6.45, 7) is 0.565. The Morgan fingerprint density at radius 3 is 2.90 bits per heavy atom. The molecule has 0 aliphatic rings. The molecule has 0 aliphatic carbocycles. The van der Waals surface area contributed by atoms with Crippen LogP contribution in [0.4, 0.5) is 0 Å². The summed E-state index contributed by atoms with van der Waals surface area (Å²) < 4.78 is 0. The third-order valence-electron chi connectivity index (χ3n) is 2.61. The summed E-state index contributed by atoms with van der Waals surface area (Å²) in [4.78, 5) is 12.0. The zero-order chi connectivity index (χ0) is 15.1. The van der Waals surface area contributed by atoms with Crippen molar-refractivity contribution in [1.29, 1.82) is 0 Å². The van der Waals surface area contributed by atoms with E-state index in [1.165, 1.54) is 0 Å². The van der Waals surface area contributed by atoms with Gasteiger partial charge in [0, 0.05) is 17.3 Å². The van der Waals surface area contributed by atoms with Crippen molar-refractivity contribution in [2.24, 2.45) is 5.73 Å². The van der Waals surface area contributed by atoms with Gasteiger partial charge in [0.25, 0.3) is 5.91 Å². The van der Waals surface area contributed by atoms with E-state index in [4.69, 9.17) is 17.3 Å². The maximum Gasteiger partial charge on any atom is 0.251 e. The molecule has 1 aromatic heterocycles. The Bertz CT molecular complexity index is 692. The highest BCUT2D eigenvalue weighted by molar-refractivity contribution is 6.32. The second kappa shape index (κ2) is 7.39. The first kappa shape index (κ1) is 15.0. The van der Waals surface area contributed by atoms with Crippen molar-refractivity contribution in [3.63, 3.8) is 0 Å². The summed E-state index contributed by atoms with van der Waals surface area (Å²) in [7, 11) is 0. The maximum atomic E-state index is 12.0. The molecule has 0 atom stereocenters. The van der Waals surface area contributed by atoms with Crippen LogP contribution in [0.1, 0.15) is 21.6 Å². The number of nitrogens with two attached hydrogens (primary N) is 1. The molecular formula is C15H13ClN4O. The Hall–Kier alpha value is -2.42. The molecule has 0 fully saturated rings. The largest absolute Gasteiger partial charge is 0.346 e. The smallest absolute Gasteiger partial charge is 0.251 e. The summed E-state index contributed by atoms with van der Waals surface area (Å²) in [5, 5.41) is 10.8. The number of rotatable bonds is 3. The molecule has 0 aliphatic heterocycles. The van der Waals surface area contributed by atoms with E-state index in [2.05, 4.69) is 27.4 Å². The standard InChI is InChI=1S/C15H13ClN4O/c16-14-9-12(6-5-11(14)3-1-7-17)15(21)18-10-13-4-2-8-19-20-13/h2,4-6,8-9H,7,10,17H2,(H,18,21). The predicted molar refractivity (Wildman–Crippen MR) is 80.6 cm³/mol. The third kappa shape index (κ3) is 4.28. The van der Waals surface area contributed by atoms with E-state index in [-0.39, 0.29) is 12.5 Å². The Balaban J connectivity index is 2.04. The average Bonchev–Trinajstić information content (AvgIpc) is 2.52. The summed E-state index contributed by atoms with van der Waals surface area (Å²) in [6, 6.07) is 8.48. The predicted octanol–water partition coefficient (Wildman–Crippen LogP) is 1.37. The van der Waals surface area contributed by atoms with Crippen LogP contribution >= 0.6 is 11.6 Å². The van der Waals surface area contributed by atoms with Crippen LogP contribution in [0.25, 0.3) is 0 Å². The molecule has 2 rings (SSSR count). The number of carbonyl (C=O) groups excluding carboxylic acids is 1. The number of halogens is 1. The first-order chi connectivity index (χ1) is 10.2. The molecule has 0 saturated heterocycles. The molecule has 0 unspecified atom stereocenters. The molecule has 3 N–H and O–H groups in total. The number of hydrogen-bond donors (Lipinski definition) is 2. The summed E-state index contributed by atoms with van der Waals surface area (Å²) >= 11 is 6.08. The van der Waals surface area contributed by atoms with Gasteiger partial charge >= 0.3 is 0 Å². The molecule has 0 bridgehead atoms. The number of benzene rings is 1. The Kier molecular flexibility index (Phi) is 5.27. The van der Waals surface area contributed by atoms with Gasteiger partial charge in [0.15, 0.2) is 0 Å². The van der Waals surface area contributed by atoms with Gasteiger partial charge in [-0.2, -0.15) is 10.2 Å². The van der Waals surface area contributed by atoms with Crippen LogP contribution < -0.4 is 11.1 Å². The van der Waals surface area contributed by atoms with Crippen LogP contribution in [0.2, 0.25) is 5.02 Å². The monoisotopic (exact) mass is 300 g/mol. The van der Waals surface area contributed by atoms with Gasteiger partial charge in [-0.25, -0.2) is 0 Å². The van der Waals surface area contributed by atoms with Crippen molar-refractivity contribution in [3.05, 3.63) is 58.4 Å². The quantitative estimate of drug-likeness (QED) is 0.839. The van der Waals surface area contributed by atoms with E-state index in [0.717, 1.165) is 0 Å². The third-order valence-corrected chi connectivity index (χ3v) is 2.93. The number of amides is 1. The number of aromatic nitrogens is 2. The number of hydrogen-bond acceptors (Lipinski definition) is 4. The van der Waals surface area contributed by atoms with Gasteiger partial charge in [-0.1, -0.05) is 23.4 Å². The first-order valence-corrected chi connectivity index (χ1v) is 6.62. The minimum absolute atomic E-state index is 0.235. The zero-order valence-electron chi connectivity index (χ0n) is 11.1. The van der Waals surface area contributed by atoms with E-state index in [1.54, 1.807) is 36.5 Å². The Morgan fingerprint density at radius 1 is 1.38 bits per heavy atom. The molecule has 2 aromatic rings. The highest BCUT2D eigenvalue weighted by Crippen LogP contribution is 2.17. The van der Waals surface area contributed by atoms with Crippen molar-refractivity contribution in [1.82, 2.24) is 15.5 Å². The lowest BCUT2D eigenvalue weighted by molar-refractivity contribution is 0.0950. The van der Waals surface area contributed by atoms with E-state index >= 15 is 0 Å². The lowest BCUT2D eigenvalue weighted by Crippen LogP contribution is -2.23. The molecule has 106 valence electrons. The van der Waals surface area contributed by atoms with Crippen molar-refractivity contribution in [2.45, 2.75) is 6.54 Å². The molecular weight excluding hydrogens is 288 g/mol. The second-order valence-corrected chi connectivity index (χ2v) is 4.51. The molecule has 5 nitrogen and oxygen atoms in total. The molecule has 1 aromatic carbocycles. The van der Waals surface area contributed by atoms with Crippen molar-refractivity contribution >= 4 is 17.5 Å². The van der Waals surface area contributed by atoms with Crippen LogP contribution in [-0.4, -0.2) is 22.6 Å². The molecule has 1 amide bonds. The summed E-state index contributed by atoms with van der Waals surface area (Å²) in [6.07, 6.45) is 1.58. The van der Waals surface area contributed by atoms with Gasteiger partial charge in [-0.05, 0) is 30.3 Å². The molecule has 0 saturated carbocycles. The maximum absolute atomic E-state index is 12.0. The van der Waals surface area contributed by atoms with E-state index in [9.17, 15) is 4.79 Å². The van der Waals surface area contributed by atoms with E-state index in [0.29, 0.717) is 28.4 Å². The minimum Gasteiger partial charge on any atom is -0.346 e. The normalized spacial score (nSPS) is 9.62. The molecule has 6 heteroatoms. The van der Waals surface area contributed by atoms with Gasteiger partial charge < -0.3 is 11.1 Å². The molecule has 0 radical (unpaired) electrons. The van der Waals surface area contributed by atoms with E-state index in [1.807, 2.05) is 0 Å². The topological polar surface area (TPSA) is 80.9 Å². The molecule has 0 spiro atoms. The summed E-state index contributed by atoms with van der Waals surface area (Å²) in [5.41, 5.74) is 7.10. The fraction of sp³-hybridized carbons (Fsp3) is 0.133. The number of carbonyl (C=O) groups is 1. The van der Waals surface area contributed by atoms with Crippen LogP contribution in [0.5, 0.6) is 0 Å². The van der Waals surface area contributed by atoms with Gasteiger partial charge in [-0.15, -0.1) is 0 Å². The highest BCUT2D eigenvalue weighted by Gasteiger charge is 2.08. The van der Waals surface area contributed by atoms with Gasteiger partial charge in [0.05, 0.1) is 23.8 Å². The van der Waals surface area contributed by atoms with Crippen molar-refractivity contribution < 1.29 is 4.79 Å². The first-order valence-electron chi connectivity index (χ1n) is 6.24.